The van der Waals surface area contributed by atoms with Crippen LogP contribution in [0.3, 0.4) is 0 Å². The average molecular weight is 447 g/mol. The van der Waals surface area contributed by atoms with E-state index in [2.05, 4.69) is 15.9 Å². The Kier molecular flexibility index (Phi) is 6.13. The van der Waals surface area contributed by atoms with Crippen LogP contribution < -0.4 is 14.2 Å². The molecule has 0 aliphatic rings. The van der Waals surface area contributed by atoms with Gasteiger partial charge in [0.2, 0.25) is 5.75 Å². The zero-order valence-corrected chi connectivity index (χ0v) is 17.2. The molecule has 0 radical (unpaired) electrons. The average Bonchev–Trinajstić information content (AvgIpc) is 2.78. The Balaban J connectivity index is 1.79. The van der Waals surface area contributed by atoms with Crippen molar-refractivity contribution in [2.45, 2.75) is 5.33 Å². The molecule has 0 amide bonds. The highest BCUT2D eigenvalue weighted by Gasteiger charge is 2.18. The van der Waals surface area contributed by atoms with E-state index in [0.717, 1.165) is 17.1 Å². The van der Waals surface area contributed by atoms with Gasteiger partial charge in [-0.3, -0.25) is 0 Å². The summed E-state index contributed by atoms with van der Waals surface area (Å²) in [4.78, 5) is 0. The molecule has 0 spiro atoms. The Hall–Kier alpha value is -3.24. The summed E-state index contributed by atoms with van der Waals surface area (Å²) in [6.07, 6.45) is 0. The maximum Gasteiger partial charge on any atom is 0.212 e. The monoisotopic (exact) mass is 446 g/mol. The lowest BCUT2D eigenvalue weighted by atomic mass is 10.2. The predicted molar refractivity (Wildman–Crippen MR) is 119 cm³/mol. The molecular weight excluding hydrogens is 428 g/mol. The quantitative estimate of drug-likeness (QED) is 0.269. The fourth-order valence-electron chi connectivity index (χ4n) is 2.80. The van der Waals surface area contributed by atoms with Crippen LogP contribution in [0.5, 0.6) is 34.5 Å². The van der Waals surface area contributed by atoms with Crippen LogP contribution in [-0.2, 0) is 5.33 Å². The van der Waals surface area contributed by atoms with Crippen molar-refractivity contribution in [3.05, 3.63) is 109 Å². The van der Waals surface area contributed by atoms with Crippen LogP contribution in [0.25, 0.3) is 0 Å². The van der Waals surface area contributed by atoms with Gasteiger partial charge in [-0.05, 0) is 54.1 Å². The number of rotatable bonds is 7. The van der Waals surface area contributed by atoms with E-state index in [9.17, 15) is 0 Å². The van der Waals surface area contributed by atoms with Crippen LogP contribution in [0.2, 0.25) is 0 Å². The summed E-state index contributed by atoms with van der Waals surface area (Å²) in [5, 5.41) is 0.662. The van der Waals surface area contributed by atoms with Crippen molar-refractivity contribution in [1.82, 2.24) is 0 Å². The molecule has 0 N–H and O–H groups in total. The van der Waals surface area contributed by atoms with Crippen LogP contribution in [0.1, 0.15) is 5.56 Å². The highest BCUT2D eigenvalue weighted by Crippen LogP contribution is 2.45. The van der Waals surface area contributed by atoms with Crippen molar-refractivity contribution in [3.63, 3.8) is 0 Å². The first-order valence-corrected chi connectivity index (χ1v) is 10.4. The van der Waals surface area contributed by atoms with E-state index in [1.54, 1.807) is 0 Å². The Morgan fingerprint density at radius 2 is 0.897 bits per heavy atom. The van der Waals surface area contributed by atoms with Crippen molar-refractivity contribution in [2.24, 2.45) is 0 Å². The summed E-state index contributed by atoms with van der Waals surface area (Å²) in [6.45, 7) is 0. The molecule has 0 aromatic heterocycles. The molecule has 0 bridgehead atoms. The second-order valence-electron chi connectivity index (χ2n) is 6.30. The number of hydrogen-bond donors (Lipinski definition) is 0. The van der Waals surface area contributed by atoms with E-state index < -0.39 is 0 Å². The van der Waals surface area contributed by atoms with Crippen molar-refractivity contribution >= 4 is 15.9 Å². The SMILES string of the molecule is BrCc1cc(Oc2ccccc2)c(Oc2ccccc2)c(Oc2ccccc2)c1. The van der Waals surface area contributed by atoms with Crippen LogP contribution in [0, 0.1) is 0 Å². The van der Waals surface area contributed by atoms with Crippen LogP contribution in [0.15, 0.2) is 103 Å². The number of alkyl halides is 1. The topological polar surface area (TPSA) is 27.7 Å². The van der Waals surface area contributed by atoms with Gasteiger partial charge < -0.3 is 14.2 Å². The molecule has 0 heterocycles. The second kappa shape index (κ2) is 9.30. The lowest BCUT2D eigenvalue weighted by Crippen LogP contribution is -1.96. The summed E-state index contributed by atoms with van der Waals surface area (Å²) < 4.78 is 18.6. The molecule has 0 fully saturated rings. The fourth-order valence-corrected chi connectivity index (χ4v) is 3.12. The van der Waals surface area contributed by atoms with Gasteiger partial charge in [-0.2, -0.15) is 0 Å². The molecule has 29 heavy (non-hydrogen) atoms. The molecular formula is C25H19BrO3. The Bertz CT molecular complexity index is 989. The molecule has 0 unspecified atom stereocenters. The normalized spacial score (nSPS) is 10.4. The second-order valence-corrected chi connectivity index (χ2v) is 6.86. The molecule has 0 saturated heterocycles. The molecule has 144 valence electrons. The van der Waals surface area contributed by atoms with E-state index in [1.807, 2.05) is 103 Å². The van der Waals surface area contributed by atoms with Crippen molar-refractivity contribution in [3.8, 4) is 34.5 Å². The maximum absolute atomic E-state index is 6.22. The standard InChI is InChI=1S/C25H19BrO3/c26-18-19-16-23(27-20-10-4-1-5-11-20)25(29-22-14-8-3-9-15-22)24(17-19)28-21-12-6-2-7-13-21/h1-17H,18H2. The molecule has 4 aromatic rings. The molecule has 3 nitrogen and oxygen atoms in total. The van der Waals surface area contributed by atoms with Crippen LogP contribution in [0.4, 0.5) is 0 Å². The lowest BCUT2D eigenvalue weighted by molar-refractivity contribution is 0.386. The van der Waals surface area contributed by atoms with Gasteiger partial charge in [-0.1, -0.05) is 70.5 Å². The third-order valence-corrected chi connectivity index (χ3v) is 4.79. The van der Waals surface area contributed by atoms with E-state index in [-0.39, 0.29) is 0 Å². The lowest BCUT2D eigenvalue weighted by Gasteiger charge is -2.18. The summed E-state index contributed by atoms with van der Waals surface area (Å²) in [5.41, 5.74) is 1.02. The van der Waals surface area contributed by atoms with Gasteiger partial charge in [0.05, 0.1) is 0 Å². The van der Waals surface area contributed by atoms with Crippen LogP contribution >= 0.6 is 15.9 Å². The van der Waals surface area contributed by atoms with Gasteiger partial charge in [-0.25, -0.2) is 0 Å². The first-order valence-electron chi connectivity index (χ1n) is 9.23. The first-order chi connectivity index (χ1) is 14.3. The Labute approximate surface area is 178 Å². The zero-order chi connectivity index (χ0) is 19.9. The van der Waals surface area contributed by atoms with Crippen LogP contribution in [-0.4, -0.2) is 0 Å². The number of ether oxygens (including phenoxy) is 3. The minimum absolute atomic E-state index is 0.522. The summed E-state index contributed by atoms with van der Waals surface area (Å²) in [7, 11) is 0. The van der Waals surface area contributed by atoms with Gasteiger partial charge >= 0.3 is 0 Å². The van der Waals surface area contributed by atoms with Crippen molar-refractivity contribution in [2.75, 3.05) is 0 Å². The minimum Gasteiger partial charge on any atom is -0.453 e. The molecule has 4 aromatic carbocycles. The highest BCUT2D eigenvalue weighted by atomic mass is 79.9. The maximum atomic E-state index is 6.22. The fraction of sp³-hybridized carbons (Fsp3) is 0.0400. The van der Waals surface area contributed by atoms with E-state index in [0.29, 0.717) is 28.3 Å². The predicted octanol–water partition coefficient (Wildman–Crippen LogP) is 7.96. The summed E-state index contributed by atoms with van der Waals surface area (Å²) >= 11 is 3.54. The first kappa shape index (κ1) is 19.1. The van der Waals surface area contributed by atoms with Gasteiger partial charge in [-0.15, -0.1) is 0 Å². The Morgan fingerprint density at radius 1 is 0.517 bits per heavy atom. The zero-order valence-electron chi connectivity index (χ0n) is 15.6. The third kappa shape index (κ3) is 4.98. The van der Waals surface area contributed by atoms with Gasteiger partial charge in [0.15, 0.2) is 11.5 Å². The molecule has 0 atom stereocenters. The minimum atomic E-state index is 0.522. The summed E-state index contributed by atoms with van der Waals surface area (Å²) in [6, 6.07) is 32.8. The van der Waals surface area contributed by atoms with E-state index in [1.165, 1.54) is 0 Å². The largest absolute Gasteiger partial charge is 0.453 e. The van der Waals surface area contributed by atoms with E-state index in [4.69, 9.17) is 14.2 Å². The Morgan fingerprint density at radius 3 is 1.28 bits per heavy atom. The van der Waals surface area contributed by atoms with E-state index >= 15 is 0 Å². The van der Waals surface area contributed by atoms with Gasteiger partial charge in [0.1, 0.15) is 17.2 Å². The smallest absolute Gasteiger partial charge is 0.212 e. The molecule has 0 aliphatic heterocycles. The number of para-hydroxylation sites is 3. The number of halogens is 1. The van der Waals surface area contributed by atoms with Gasteiger partial charge in [0, 0.05) is 5.33 Å². The van der Waals surface area contributed by atoms with Crippen molar-refractivity contribution < 1.29 is 14.2 Å². The number of benzene rings is 4. The summed E-state index contributed by atoms with van der Waals surface area (Å²) in [5.74, 6) is 3.85. The third-order valence-electron chi connectivity index (χ3n) is 4.14. The highest BCUT2D eigenvalue weighted by molar-refractivity contribution is 9.08. The molecule has 0 aliphatic carbocycles. The van der Waals surface area contributed by atoms with Crippen molar-refractivity contribution in [1.29, 1.82) is 0 Å². The van der Waals surface area contributed by atoms with Gasteiger partial charge in [0.25, 0.3) is 0 Å². The molecule has 0 saturated carbocycles. The molecule has 4 rings (SSSR count). The molecule has 4 heteroatoms. The number of hydrogen-bond acceptors (Lipinski definition) is 3.